The van der Waals surface area contributed by atoms with Crippen LogP contribution in [0.5, 0.6) is 0 Å². The van der Waals surface area contributed by atoms with Crippen molar-refractivity contribution in [2.45, 2.75) is 19.3 Å². The average Bonchev–Trinajstić information content (AvgIpc) is 3.72. The van der Waals surface area contributed by atoms with E-state index in [4.69, 9.17) is 0 Å². The topological polar surface area (TPSA) is 9.86 Å². The summed E-state index contributed by atoms with van der Waals surface area (Å²) >= 11 is 0. The van der Waals surface area contributed by atoms with E-state index in [0.717, 1.165) is 5.69 Å². The third kappa shape index (κ3) is 3.61. The minimum absolute atomic E-state index is 0.00333. The van der Waals surface area contributed by atoms with E-state index in [0.29, 0.717) is 0 Å². The first-order chi connectivity index (χ1) is 23.1. The molecule has 0 saturated carbocycles. The van der Waals surface area contributed by atoms with E-state index in [1.165, 1.54) is 82.7 Å². The maximum absolute atomic E-state index is 2.45. The van der Waals surface area contributed by atoms with Gasteiger partial charge in [0, 0.05) is 32.6 Å². The van der Waals surface area contributed by atoms with Crippen LogP contribution in [0.3, 0.4) is 0 Å². The van der Waals surface area contributed by atoms with E-state index in [2.05, 4.69) is 181 Å². The number of nitrogens with zero attached hydrogens (tertiary/aromatic N) is 2. The van der Waals surface area contributed by atoms with E-state index >= 15 is 0 Å². The normalized spacial score (nSPS) is 13.5. The maximum atomic E-state index is 2.45. The van der Waals surface area contributed by atoms with Crippen molar-refractivity contribution >= 4 is 43.6 Å². The second kappa shape index (κ2) is 9.57. The minimum Gasteiger partial charge on any atom is -0.309 e. The molecule has 9 aromatic rings. The number of benzene rings is 7. The molecule has 7 aromatic carbocycles. The summed E-state index contributed by atoms with van der Waals surface area (Å²) in [4.78, 5) is 0. The molecule has 47 heavy (non-hydrogen) atoms. The van der Waals surface area contributed by atoms with Gasteiger partial charge in [0.15, 0.2) is 0 Å². The van der Waals surface area contributed by atoms with E-state index in [1.54, 1.807) is 0 Å². The fourth-order valence-corrected chi connectivity index (χ4v) is 8.37. The number of aromatic nitrogens is 2. The van der Waals surface area contributed by atoms with Gasteiger partial charge in [-0.05, 0) is 81.9 Å². The monoisotopic (exact) mass is 600 g/mol. The lowest BCUT2D eigenvalue weighted by molar-refractivity contribution is 0.660. The predicted molar refractivity (Wildman–Crippen MR) is 198 cm³/mol. The molecule has 0 bridgehead atoms. The highest BCUT2D eigenvalue weighted by atomic mass is 15.0. The molecule has 2 nitrogen and oxygen atoms in total. The van der Waals surface area contributed by atoms with Gasteiger partial charge in [0.25, 0.3) is 0 Å². The van der Waals surface area contributed by atoms with Crippen LogP contribution in [0.4, 0.5) is 0 Å². The molecule has 0 saturated heterocycles. The van der Waals surface area contributed by atoms with Crippen LogP contribution in [0.25, 0.3) is 77.2 Å². The Kier molecular flexibility index (Phi) is 5.37. The molecule has 2 heterocycles. The van der Waals surface area contributed by atoms with Gasteiger partial charge in [0.1, 0.15) is 0 Å². The fourth-order valence-electron chi connectivity index (χ4n) is 8.37. The quantitative estimate of drug-likeness (QED) is 0.191. The van der Waals surface area contributed by atoms with Gasteiger partial charge in [-0.1, -0.05) is 123 Å². The maximum Gasteiger partial charge on any atom is 0.0562 e. The third-order valence-electron chi connectivity index (χ3n) is 10.5. The summed E-state index contributed by atoms with van der Waals surface area (Å²) in [6.45, 7) is 4.68. The summed E-state index contributed by atoms with van der Waals surface area (Å²) in [6.07, 6.45) is 0. The van der Waals surface area contributed by atoms with Crippen LogP contribution >= 0.6 is 0 Å². The molecule has 10 rings (SSSR count). The van der Waals surface area contributed by atoms with Gasteiger partial charge in [-0.3, -0.25) is 0 Å². The van der Waals surface area contributed by atoms with Crippen LogP contribution in [0, 0.1) is 0 Å². The number of fused-ring (bicyclic) bond motifs is 9. The molecule has 0 N–H and O–H groups in total. The zero-order chi connectivity index (χ0) is 31.3. The summed E-state index contributed by atoms with van der Waals surface area (Å²) < 4.78 is 4.89. The highest BCUT2D eigenvalue weighted by molar-refractivity contribution is 6.16. The predicted octanol–water partition coefficient (Wildman–Crippen LogP) is 11.9. The van der Waals surface area contributed by atoms with E-state index < -0.39 is 0 Å². The molecule has 1 aliphatic rings. The van der Waals surface area contributed by atoms with Crippen molar-refractivity contribution in [3.63, 3.8) is 0 Å². The SMILES string of the molecule is CC1(C)c2ccccc2-c2cc(-c3cccc(-n4c5ccccc5c5c(-n6c7ccccc7c7ccccc76)cccc54)c3)ccc21. The Balaban J connectivity index is 1.20. The molecular weight excluding hydrogens is 569 g/mol. The van der Waals surface area contributed by atoms with Gasteiger partial charge >= 0.3 is 0 Å². The molecule has 222 valence electrons. The number of hydrogen-bond donors (Lipinski definition) is 0. The van der Waals surface area contributed by atoms with Gasteiger partial charge in [0.2, 0.25) is 0 Å². The minimum atomic E-state index is 0.00333. The molecule has 0 spiro atoms. The van der Waals surface area contributed by atoms with Crippen LogP contribution in [0.1, 0.15) is 25.0 Å². The summed E-state index contributed by atoms with van der Waals surface area (Å²) in [5, 5.41) is 5.06. The Morgan fingerprint density at radius 1 is 0.404 bits per heavy atom. The van der Waals surface area contributed by atoms with Gasteiger partial charge < -0.3 is 9.13 Å². The first-order valence-electron chi connectivity index (χ1n) is 16.5. The van der Waals surface area contributed by atoms with Crippen LogP contribution in [0.15, 0.2) is 158 Å². The van der Waals surface area contributed by atoms with E-state index in [1.807, 2.05) is 0 Å². The Bertz CT molecular complexity index is 2660. The molecule has 0 atom stereocenters. The Labute approximate surface area is 273 Å². The molecular formula is C45H32N2. The summed E-state index contributed by atoms with van der Waals surface area (Å²) in [6, 6.07) is 58.1. The van der Waals surface area contributed by atoms with Gasteiger partial charge in [0.05, 0.1) is 27.8 Å². The van der Waals surface area contributed by atoms with Gasteiger partial charge in [-0.2, -0.15) is 0 Å². The summed E-state index contributed by atoms with van der Waals surface area (Å²) in [7, 11) is 0. The second-order valence-corrected chi connectivity index (χ2v) is 13.4. The summed E-state index contributed by atoms with van der Waals surface area (Å²) in [5.74, 6) is 0. The average molecular weight is 601 g/mol. The van der Waals surface area contributed by atoms with Crippen molar-refractivity contribution in [3.8, 4) is 33.6 Å². The lowest BCUT2D eigenvalue weighted by Crippen LogP contribution is -2.14. The van der Waals surface area contributed by atoms with Crippen molar-refractivity contribution < 1.29 is 0 Å². The summed E-state index contributed by atoms with van der Waals surface area (Å²) in [5.41, 5.74) is 15.2. The number of hydrogen-bond acceptors (Lipinski definition) is 0. The molecule has 0 unspecified atom stereocenters. The lowest BCUT2D eigenvalue weighted by atomic mass is 9.82. The molecule has 0 fully saturated rings. The Hall–Kier alpha value is -5.86. The van der Waals surface area contributed by atoms with Crippen molar-refractivity contribution in [3.05, 3.63) is 169 Å². The van der Waals surface area contributed by atoms with E-state index in [-0.39, 0.29) is 5.41 Å². The van der Waals surface area contributed by atoms with Crippen LogP contribution in [0.2, 0.25) is 0 Å². The standard InChI is InChI=1S/C45H32N2/c1-45(2)37-19-7-3-15-32(37)36-28-30(25-26-38(36)45)29-13-11-14-31(27-29)46-41-22-10-6-18-35(41)44-42(46)23-12-24-43(44)47-39-20-8-4-16-33(39)34-17-5-9-21-40(34)47/h3-28H,1-2H3. The Morgan fingerprint density at radius 2 is 0.979 bits per heavy atom. The third-order valence-corrected chi connectivity index (χ3v) is 10.5. The van der Waals surface area contributed by atoms with Crippen molar-refractivity contribution in [1.82, 2.24) is 9.13 Å². The highest BCUT2D eigenvalue weighted by Gasteiger charge is 2.35. The van der Waals surface area contributed by atoms with Crippen LogP contribution < -0.4 is 0 Å². The smallest absolute Gasteiger partial charge is 0.0562 e. The van der Waals surface area contributed by atoms with Gasteiger partial charge in [-0.15, -0.1) is 0 Å². The number of rotatable bonds is 3. The van der Waals surface area contributed by atoms with Gasteiger partial charge in [-0.25, -0.2) is 0 Å². The zero-order valence-electron chi connectivity index (χ0n) is 26.4. The largest absolute Gasteiger partial charge is 0.309 e. The fraction of sp³-hybridized carbons (Fsp3) is 0.0667. The molecule has 1 aliphatic carbocycles. The molecule has 2 aromatic heterocycles. The highest BCUT2D eigenvalue weighted by Crippen LogP contribution is 2.49. The molecule has 0 radical (unpaired) electrons. The molecule has 0 aliphatic heterocycles. The van der Waals surface area contributed by atoms with E-state index in [9.17, 15) is 0 Å². The van der Waals surface area contributed by atoms with Crippen LogP contribution in [-0.2, 0) is 5.41 Å². The number of para-hydroxylation sites is 3. The molecule has 0 amide bonds. The lowest BCUT2D eigenvalue weighted by Gasteiger charge is -2.21. The zero-order valence-corrected chi connectivity index (χ0v) is 26.4. The van der Waals surface area contributed by atoms with Crippen molar-refractivity contribution in [2.75, 3.05) is 0 Å². The van der Waals surface area contributed by atoms with Crippen molar-refractivity contribution in [2.24, 2.45) is 0 Å². The first kappa shape index (κ1) is 26.4. The molecule has 2 heteroatoms. The van der Waals surface area contributed by atoms with Crippen molar-refractivity contribution in [1.29, 1.82) is 0 Å². The second-order valence-electron chi connectivity index (χ2n) is 13.4. The van der Waals surface area contributed by atoms with Crippen LogP contribution in [-0.4, -0.2) is 9.13 Å². The Morgan fingerprint density at radius 3 is 1.74 bits per heavy atom. The first-order valence-corrected chi connectivity index (χ1v) is 16.5.